The Labute approximate surface area is 147 Å². The van der Waals surface area contributed by atoms with Crippen molar-refractivity contribution in [3.05, 3.63) is 65.5 Å². The number of pyridine rings is 1. The van der Waals surface area contributed by atoms with E-state index in [0.29, 0.717) is 5.56 Å². The van der Waals surface area contributed by atoms with E-state index in [4.69, 9.17) is 4.74 Å². The monoisotopic (exact) mass is 364 g/mol. The van der Waals surface area contributed by atoms with E-state index in [1.165, 1.54) is 36.7 Å². The molecule has 0 fully saturated rings. The minimum Gasteiger partial charge on any atom is -0.463 e. The van der Waals surface area contributed by atoms with Gasteiger partial charge in [0.1, 0.15) is 0 Å². The molecular weight excluding hydrogens is 349 g/mol. The average Bonchev–Trinajstić information content (AvgIpc) is 2.60. The first kappa shape index (κ1) is 19.2. The summed E-state index contributed by atoms with van der Waals surface area (Å²) in [4.78, 5) is 27.4. The van der Waals surface area contributed by atoms with E-state index in [0.717, 1.165) is 18.2 Å². The Balaban J connectivity index is 2.12. The van der Waals surface area contributed by atoms with Crippen LogP contribution < -0.4 is 5.32 Å². The molecule has 0 saturated heterocycles. The third-order valence-electron chi connectivity index (χ3n) is 3.17. The fourth-order valence-electron chi connectivity index (χ4n) is 2.01. The lowest BCUT2D eigenvalue weighted by Crippen LogP contribution is -2.14. The van der Waals surface area contributed by atoms with Gasteiger partial charge in [-0.2, -0.15) is 13.2 Å². The lowest BCUT2D eigenvalue weighted by atomic mass is 10.1. The van der Waals surface area contributed by atoms with Gasteiger partial charge in [-0.3, -0.25) is 9.78 Å². The van der Waals surface area contributed by atoms with E-state index in [2.05, 4.69) is 10.3 Å². The molecule has 26 heavy (non-hydrogen) atoms. The van der Waals surface area contributed by atoms with Crippen LogP contribution >= 0.6 is 0 Å². The highest BCUT2D eigenvalue weighted by Crippen LogP contribution is 2.29. The molecule has 0 aliphatic carbocycles. The molecule has 0 radical (unpaired) electrons. The van der Waals surface area contributed by atoms with Gasteiger partial charge in [-0.25, -0.2) is 4.79 Å². The van der Waals surface area contributed by atoms with Crippen LogP contribution in [0.25, 0.3) is 6.08 Å². The Morgan fingerprint density at radius 2 is 2.00 bits per heavy atom. The van der Waals surface area contributed by atoms with Crippen molar-refractivity contribution in [2.75, 3.05) is 11.9 Å². The summed E-state index contributed by atoms with van der Waals surface area (Å²) >= 11 is 0. The van der Waals surface area contributed by atoms with Crippen LogP contribution in [0, 0.1) is 0 Å². The highest BCUT2D eigenvalue weighted by atomic mass is 19.4. The highest BCUT2D eigenvalue weighted by molar-refractivity contribution is 6.04. The Kier molecular flexibility index (Phi) is 6.11. The minimum absolute atomic E-state index is 0.132. The molecule has 0 aliphatic rings. The maximum absolute atomic E-state index is 12.7. The number of esters is 1. The van der Waals surface area contributed by atoms with Gasteiger partial charge >= 0.3 is 12.1 Å². The summed E-state index contributed by atoms with van der Waals surface area (Å²) < 4.78 is 42.9. The molecule has 8 heteroatoms. The number of carbonyl (C=O) groups excluding carboxylic acids is 2. The average molecular weight is 364 g/mol. The number of carbonyl (C=O) groups is 2. The third kappa shape index (κ3) is 5.44. The highest BCUT2D eigenvalue weighted by Gasteiger charge is 2.30. The number of halogens is 3. The van der Waals surface area contributed by atoms with Gasteiger partial charge in [0.2, 0.25) is 0 Å². The fraction of sp³-hybridized carbons (Fsp3) is 0.167. The molecule has 1 aromatic heterocycles. The lowest BCUT2D eigenvalue weighted by Gasteiger charge is -2.09. The Morgan fingerprint density at radius 3 is 2.69 bits per heavy atom. The number of nitrogens with zero attached hydrogens (tertiary/aromatic N) is 1. The van der Waals surface area contributed by atoms with Gasteiger partial charge < -0.3 is 10.1 Å². The number of anilines is 1. The van der Waals surface area contributed by atoms with Gasteiger partial charge in [-0.15, -0.1) is 0 Å². The summed E-state index contributed by atoms with van der Waals surface area (Å²) in [6, 6.07) is 5.62. The first-order valence-electron chi connectivity index (χ1n) is 7.58. The largest absolute Gasteiger partial charge is 0.463 e. The molecular formula is C18H15F3N2O3. The van der Waals surface area contributed by atoms with Gasteiger partial charge in [0.05, 0.1) is 24.1 Å². The molecule has 0 spiro atoms. The van der Waals surface area contributed by atoms with Crippen LogP contribution in [-0.2, 0) is 15.7 Å². The third-order valence-corrected chi connectivity index (χ3v) is 3.17. The number of amides is 1. The molecule has 0 atom stereocenters. The van der Waals surface area contributed by atoms with Crippen molar-refractivity contribution >= 4 is 23.6 Å². The standard InChI is InChI=1S/C18H15F3N2O3/c1-2-26-16(24)7-6-12-8-15(11-22-10-12)23-17(25)13-4-3-5-14(9-13)18(19,20)21/h3-11H,2H2,1H3,(H,23,25)/b7-6+. The zero-order chi connectivity index (χ0) is 19.2. The van der Waals surface area contributed by atoms with Crippen molar-refractivity contribution < 1.29 is 27.5 Å². The number of hydrogen-bond acceptors (Lipinski definition) is 4. The smallest absolute Gasteiger partial charge is 0.416 e. The summed E-state index contributed by atoms with van der Waals surface area (Å²) in [7, 11) is 0. The predicted molar refractivity (Wildman–Crippen MR) is 89.3 cm³/mol. The molecule has 136 valence electrons. The number of alkyl halides is 3. The van der Waals surface area contributed by atoms with Crippen LogP contribution in [0.15, 0.2) is 48.8 Å². The van der Waals surface area contributed by atoms with Crippen LogP contribution in [0.4, 0.5) is 18.9 Å². The van der Waals surface area contributed by atoms with Crippen molar-refractivity contribution in [3.63, 3.8) is 0 Å². The van der Waals surface area contributed by atoms with E-state index >= 15 is 0 Å². The summed E-state index contributed by atoms with van der Waals surface area (Å²) in [5.41, 5.74) is -0.250. The van der Waals surface area contributed by atoms with Crippen molar-refractivity contribution in [1.82, 2.24) is 4.98 Å². The number of rotatable bonds is 5. The van der Waals surface area contributed by atoms with E-state index in [-0.39, 0.29) is 17.9 Å². The predicted octanol–water partition coefficient (Wildman–Crippen LogP) is 3.93. The van der Waals surface area contributed by atoms with Gasteiger partial charge in [0, 0.05) is 17.8 Å². The topological polar surface area (TPSA) is 68.3 Å². The Bertz CT molecular complexity index is 832. The van der Waals surface area contributed by atoms with Crippen LogP contribution in [0.2, 0.25) is 0 Å². The van der Waals surface area contributed by atoms with Crippen LogP contribution in [0.1, 0.15) is 28.4 Å². The number of nitrogens with one attached hydrogen (secondary N) is 1. The molecule has 0 bridgehead atoms. The number of ether oxygens (including phenoxy) is 1. The van der Waals surface area contributed by atoms with E-state index in [1.54, 1.807) is 6.92 Å². The molecule has 2 aromatic rings. The molecule has 1 heterocycles. The van der Waals surface area contributed by atoms with Crippen molar-refractivity contribution in [2.24, 2.45) is 0 Å². The summed E-state index contributed by atoms with van der Waals surface area (Å²) in [5, 5.41) is 2.47. The number of hydrogen-bond donors (Lipinski definition) is 1. The zero-order valence-electron chi connectivity index (χ0n) is 13.7. The zero-order valence-corrected chi connectivity index (χ0v) is 13.7. The van der Waals surface area contributed by atoms with E-state index in [1.807, 2.05) is 0 Å². The molecule has 5 nitrogen and oxygen atoms in total. The number of aromatic nitrogens is 1. The van der Waals surface area contributed by atoms with Crippen molar-refractivity contribution in [3.8, 4) is 0 Å². The quantitative estimate of drug-likeness (QED) is 0.645. The minimum atomic E-state index is -4.53. The van der Waals surface area contributed by atoms with Crippen LogP contribution in [0.5, 0.6) is 0 Å². The van der Waals surface area contributed by atoms with Crippen LogP contribution in [0.3, 0.4) is 0 Å². The molecule has 2 rings (SSSR count). The SMILES string of the molecule is CCOC(=O)/C=C/c1cncc(NC(=O)c2cccc(C(F)(F)F)c2)c1. The molecule has 1 aromatic carbocycles. The molecule has 0 saturated carbocycles. The maximum Gasteiger partial charge on any atom is 0.416 e. The molecule has 1 amide bonds. The van der Waals surface area contributed by atoms with E-state index < -0.39 is 23.6 Å². The normalized spacial score (nSPS) is 11.4. The van der Waals surface area contributed by atoms with Gasteiger partial charge in [0.25, 0.3) is 5.91 Å². The number of benzene rings is 1. The summed E-state index contributed by atoms with van der Waals surface area (Å²) in [5.74, 6) is -1.23. The first-order valence-corrected chi connectivity index (χ1v) is 7.58. The summed E-state index contributed by atoms with van der Waals surface area (Å²) in [6.07, 6.45) is 0.919. The second kappa shape index (κ2) is 8.28. The van der Waals surface area contributed by atoms with Gasteiger partial charge in [-0.1, -0.05) is 6.07 Å². The lowest BCUT2D eigenvalue weighted by molar-refractivity contribution is -0.138. The van der Waals surface area contributed by atoms with Crippen molar-refractivity contribution in [2.45, 2.75) is 13.1 Å². The summed E-state index contributed by atoms with van der Waals surface area (Å²) in [6.45, 7) is 1.92. The van der Waals surface area contributed by atoms with Gasteiger partial charge in [0.15, 0.2) is 0 Å². The fourth-order valence-corrected chi connectivity index (χ4v) is 2.01. The molecule has 0 aliphatic heterocycles. The van der Waals surface area contributed by atoms with Crippen molar-refractivity contribution in [1.29, 1.82) is 0 Å². The second-order valence-electron chi connectivity index (χ2n) is 5.13. The molecule has 0 unspecified atom stereocenters. The second-order valence-corrected chi connectivity index (χ2v) is 5.13. The molecule has 1 N–H and O–H groups in total. The van der Waals surface area contributed by atoms with Crippen LogP contribution in [-0.4, -0.2) is 23.5 Å². The van der Waals surface area contributed by atoms with Gasteiger partial charge in [-0.05, 0) is 42.8 Å². The Morgan fingerprint density at radius 1 is 1.23 bits per heavy atom. The maximum atomic E-state index is 12.7. The first-order chi connectivity index (χ1) is 12.3. The Hall–Kier alpha value is -3.16. The van der Waals surface area contributed by atoms with E-state index in [9.17, 15) is 22.8 Å².